The van der Waals surface area contributed by atoms with Gasteiger partial charge in [-0.3, -0.25) is 9.36 Å². The highest BCUT2D eigenvalue weighted by atomic mass is 32.2. The van der Waals surface area contributed by atoms with Crippen LogP contribution in [0.4, 0.5) is 5.82 Å². The Bertz CT molecular complexity index is 1060. The van der Waals surface area contributed by atoms with E-state index in [1.54, 1.807) is 26.0 Å². The summed E-state index contributed by atoms with van der Waals surface area (Å²) in [5.74, 6) is 2.71. The first kappa shape index (κ1) is 23.6. The smallest absolute Gasteiger partial charge is 0.238 e. The molecule has 9 heteroatoms. The van der Waals surface area contributed by atoms with Crippen molar-refractivity contribution in [2.24, 2.45) is 0 Å². The quantitative estimate of drug-likeness (QED) is 0.334. The summed E-state index contributed by atoms with van der Waals surface area (Å²) in [5, 5.41) is 15.4. The highest BCUT2D eigenvalue weighted by Gasteiger charge is 2.23. The van der Waals surface area contributed by atoms with Crippen LogP contribution < -0.4 is 10.1 Å². The minimum atomic E-state index is -0.424. The Hall–Kier alpha value is -3.07. The fourth-order valence-corrected chi connectivity index (χ4v) is 3.91. The summed E-state index contributed by atoms with van der Waals surface area (Å²) in [4.78, 5) is 12.5. The number of amides is 1. The number of benzene rings is 1. The maximum atomic E-state index is 12.5. The summed E-state index contributed by atoms with van der Waals surface area (Å²) in [5.41, 5.74) is 1.26. The number of allylic oxidation sites excluding steroid dienone is 1. The first-order valence-corrected chi connectivity index (χ1v) is 11.4. The number of nitrogens with one attached hydrogen (secondary N) is 1. The zero-order valence-corrected chi connectivity index (χ0v) is 19.8. The largest absolute Gasteiger partial charge is 0.483 e. The number of ether oxygens (including phenoxy) is 1. The SMILES string of the molecule is C=CCn1c(SC(C)C(=O)Nc2cc(C)on2)nnc1C(C)Oc1ccc(C(C)C)cc1. The van der Waals surface area contributed by atoms with Crippen LogP contribution >= 0.6 is 11.8 Å². The predicted octanol–water partition coefficient (Wildman–Crippen LogP) is 5.14. The molecule has 2 atom stereocenters. The number of nitrogens with zero attached hydrogens (tertiary/aromatic N) is 4. The number of thioether (sulfide) groups is 1. The van der Waals surface area contributed by atoms with Gasteiger partial charge in [-0.1, -0.05) is 49.0 Å². The first-order chi connectivity index (χ1) is 15.3. The number of hydrogen-bond acceptors (Lipinski definition) is 7. The van der Waals surface area contributed by atoms with E-state index in [1.807, 2.05) is 23.6 Å². The number of aromatic nitrogens is 4. The van der Waals surface area contributed by atoms with E-state index in [0.717, 1.165) is 5.75 Å². The zero-order chi connectivity index (χ0) is 23.3. The van der Waals surface area contributed by atoms with E-state index in [1.165, 1.54) is 17.3 Å². The fraction of sp³-hybridized carbons (Fsp3) is 0.391. The molecule has 1 N–H and O–H groups in total. The number of rotatable bonds is 10. The lowest BCUT2D eigenvalue weighted by Gasteiger charge is -2.17. The van der Waals surface area contributed by atoms with Gasteiger partial charge in [-0.05, 0) is 44.4 Å². The van der Waals surface area contributed by atoms with Crippen LogP contribution in [0.5, 0.6) is 5.75 Å². The minimum Gasteiger partial charge on any atom is -0.483 e. The molecular formula is C23H29N5O3S. The molecule has 170 valence electrons. The average Bonchev–Trinajstić information content (AvgIpc) is 3.34. The Morgan fingerprint density at radius 3 is 2.56 bits per heavy atom. The topological polar surface area (TPSA) is 95.1 Å². The number of hydrogen-bond donors (Lipinski definition) is 1. The van der Waals surface area contributed by atoms with Crippen molar-refractivity contribution in [1.29, 1.82) is 0 Å². The summed E-state index contributed by atoms with van der Waals surface area (Å²) in [6.07, 6.45) is 1.44. The molecule has 0 aliphatic carbocycles. The lowest BCUT2D eigenvalue weighted by molar-refractivity contribution is -0.115. The van der Waals surface area contributed by atoms with Gasteiger partial charge in [0.15, 0.2) is 22.9 Å². The molecule has 0 saturated heterocycles. The Balaban J connectivity index is 1.70. The van der Waals surface area contributed by atoms with Crippen LogP contribution in [0.3, 0.4) is 0 Å². The molecule has 0 saturated carbocycles. The molecule has 0 fully saturated rings. The van der Waals surface area contributed by atoms with Crippen LogP contribution in [-0.2, 0) is 11.3 Å². The molecule has 1 amide bonds. The standard InChI is InChI=1S/C23H29N5O3S/c1-7-12-28-21(16(5)30-19-10-8-18(9-11-19)14(2)3)25-26-23(28)32-17(6)22(29)24-20-13-15(4)31-27-20/h7-11,13-14,16-17H,1,12H2,2-6H3,(H,24,27,29). The summed E-state index contributed by atoms with van der Waals surface area (Å²) < 4.78 is 13.0. The van der Waals surface area contributed by atoms with Gasteiger partial charge in [0.25, 0.3) is 0 Å². The van der Waals surface area contributed by atoms with Crippen LogP contribution in [0.1, 0.15) is 56.9 Å². The second kappa shape index (κ2) is 10.5. The number of carbonyl (C=O) groups excluding carboxylic acids is 1. The lowest BCUT2D eigenvalue weighted by Crippen LogP contribution is -2.23. The van der Waals surface area contributed by atoms with Gasteiger partial charge in [-0.25, -0.2) is 0 Å². The molecule has 3 aromatic rings. The summed E-state index contributed by atoms with van der Waals surface area (Å²) in [7, 11) is 0. The Kier molecular flexibility index (Phi) is 7.74. The Morgan fingerprint density at radius 2 is 1.97 bits per heavy atom. The van der Waals surface area contributed by atoms with Crippen LogP contribution in [0, 0.1) is 6.92 Å². The monoisotopic (exact) mass is 455 g/mol. The van der Waals surface area contributed by atoms with Crippen LogP contribution in [0.2, 0.25) is 0 Å². The van der Waals surface area contributed by atoms with E-state index in [4.69, 9.17) is 9.26 Å². The van der Waals surface area contributed by atoms with Crippen LogP contribution in [0.25, 0.3) is 0 Å². The van der Waals surface area contributed by atoms with E-state index in [0.29, 0.717) is 35.0 Å². The molecule has 0 aliphatic rings. The molecule has 0 spiro atoms. The van der Waals surface area contributed by atoms with Crippen molar-refractivity contribution in [1.82, 2.24) is 19.9 Å². The maximum absolute atomic E-state index is 12.5. The molecule has 0 bridgehead atoms. The van der Waals surface area contributed by atoms with Crippen LogP contribution in [0.15, 0.2) is 52.7 Å². The van der Waals surface area contributed by atoms with Crippen molar-refractivity contribution in [2.45, 2.75) is 63.6 Å². The van der Waals surface area contributed by atoms with E-state index in [2.05, 4.69) is 53.2 Å². The molecule has 0 radical (unpaired) electrons. The van der Waals surface area contributed by atoms with Gasteiger partial charge in [0.05, 0.1) is 5.25 Å². The predicted molar refractivity (Wildman–Crippen MR) is 125 cm³/mol. The Labute approximate surface area is 192 Å². The van der Waals surface area contributed by atoms with Gasteiger partial charge >= 0.3 is 0 Å². The van der Waals surface area contributed by atoms with Crippen molar-refractivity contribution < 1.29 is 14.1 Å². The molecule has 1 aromatic carbocycles. The zero-order valence-electron chi connectivity index (χ0n) is 19.0. The Morgan fingerprint density at radius 1 is 1.25 bits per heavy atom. The molecule has 2 aromatic heterocycles. The highest BCUT2D eigenvalue weighted by Crippen LogP contribution is 2.28. The van der Waals surface area contributed by atoms with Crippen molar-refractivity contribution in [3.8, 4) is 5.75 Å². The van der Waals surface area contributed by atoms with E-state index in [-0.39, 0.29) is 12.0 Å². The maximum Gasteiger partial charge on any atom is 0.238 e. The van der Waals surface area contributed by atoms with Gasteiger partial charge in [0, 0.05) is 12.6 Å². The van der Waals surface area contributed by atoms with E-state index in [9.17, 15) is 4.79 Å². The van der Waals surface area contributed by atoms with Crippen LogP contribution in [-0.4, -0.2) is 31.1 Å². The molecule has 8 nitrogen and oxygen atoms in total. The van der Waals surface area contributed by atoms with E-state index >= 15 is 0 Å². The fourth-order valence-electron chi connectivity index (χ4n) is 3.04. The second-order valence-corrected chi connectivity index (χ2v) is 9.10. The van der Waals surface area contributed by atoms with Crippen molar-refractivity contribution >= 4 is 23.5 Å². The van der Waals surface area contributed by atoms with Gasteiger partial charge in [-0.2, -0.15) is 0 Å². The van der Waals surface area contributed by atoms with Gasteiger partial charge in [0.1, 0.15) is 11.5 Å². The van der Waals surface area contributed by atoms with Gasteiger partial charge < -0.3 is 14.6 Å². The van der Waals surface area contributed by atoms with Crippen molar-refractivity contribution in [2.75, 3.05) is 5.32 Å². The first-order valence-electron chi connectivity index (χ1n) is 10.5. The van der Waals surface area contributed by atoms with E-state index < -0.39 is 5.25 Å². The lowest BCUT2D eigenvalue weighted by atomic mass is 10.0. The minimum absolute atomic E-state index is 0.201. The summed E-state index contributed by atoms with van der Waals surface area (Å²) in [6, 6.07) is 9.74. The van der Waals surface area contributed by atoms with Gasteiger partial charge in [0.2, 0.25) is 5.91 Å². The summed E-state index contributed by atoms with van der Waals surface area (Å²) >= 11 is 1.31. The molecular weight excluding hydrogens is 426 g/mol. The molecule has 3 rings (SSSR count). The number of anilines is 1. The normalized spacial score (nSPS) is 13.1. The third-order valence-electron chi connectivity index (χ3n) is 4.81. The third kappa shape index (κ3) is 5.79. The number of carbonyl (C=O) groups is 1. The summed E-state index contributed by atoms with van der Waals surface area (Å²) in [6.45, 7) is 14.1. The average molecular weight is 456 g/mol. The van der Waals surface area contributed by atoms with Crippen molar-refractivity contribution in [3.63, 3.8) is 0 Å². The molecule has 2 unspecified atom stereocenters. The molecule has 2 heterocycles. The second-order valence-electron chi connectivity index (χ2n) is 7.80. The highest BCUT2D eigenvalue weighted by molar-refractivity contribution is 8.00. The van der Waals surface area contributed by atoms with Gasteiger partial charge in [-0.15, -0.1) is 16.8 Å². The number of aryl methyl sites for hydroxylation is 1. The van der Waals surface area contributed by atoms with Crippen molar-refractivity contribution in [3.05, 3.63) is 60.1 Å². The third-order valence-corrected chi connectivity index (χ3v) is 5.89. The molecule has 32 heavy (non-hydrogen) atoms. The molecule has 0 aliphatic heterocycles.